The van der Waals surface area contributed by atoms with Crippen LogP contribution in [0.25, 0.3) is 0 Å². The van der Waals surface area contributed by atoms with Crippen LogP contribution in [0.5, 0.6) is 0 Å². The number of hydrogen-bond acceptors (Lipinski definition) is 5. The van der Waals surface area contributed by atoms with Crippen molar-refractivity contribution in [1.29, 1.82) is 0 Å². The third-order valence-corrected chi connectivity index (χ3v) is 3.98. The molecule has 0 bridgehead atoms. The maximum Gasteiger partial charge on any atom is 0.234 e. The molecule has 3 N–H and O–H groups in total. The number of aliphatic hydroxyl groups is 2. The molecule has 0 aromatic carbocycles. The number of carbonyl (C=O) groups is 1. The molecule has 7 heteroatoms. The molecule has 0 fully saturated rings. The average Bonchev–Trinajstić information content (AvgIpc) is 2.73. The standard InChI is InChI=1S/C11H17BrN2O3S/c12-9-5-10(18-8-9)6-13-11(17)7-14(1-3-15)2-4-16/h5,8,15-16H,1-4,6-7H2,(H,13,17). The number of thiophene rings is 1. The summed E-state index contributed by atoms with van der Waals surface area (Å²) < 4.78 is 1.01. The predicted octanol–water partition coefficient (Wildman–Crippen LogP) is 0.413. The summed E-state index contributed by atoms with van der Waals surface area (Å²) in [6.45, 7) is 1.42. The number of hydrogen-bond donors (Lipinski definition) is 3. The molecule has 1 aromatic rings. The summed E-state index contributed by atoms with van der Waals surface area (Å²) in [6, 6.07) is 1.96. The van der Waals surface area contributed by atoms with Crippen LogP contribution in [0.3, 0.4) is 0 Å². The zero-order valence-corrected chi connectivity index (χ0v) is 12.3. The summed E-state index contributed by atoms with van der Waals surface area (Å²) in [5, 5.41) is 22.4. The molecular weight excluding hydrogens is 320 g/mol. The molecule has 0 atom stereocenters. The molecule has 0 aliphatic rings. The van der Waals surface area contributed by atoms with Crippen molar-refractivity contribution in [3.8, 4) is 0 Å². The van der Waals surface area contributed by atoms with Crippen molar-refractivity contribution in [3.05, 3.63) is 20.8 Å². The minimum absolute atomic E-state index is 0.0227. The number of nitrogens with one attached hydrogen (secondary N) is 1. The van der Waals surface area contributed by atoms with Gasteiger partial charge in [0.1, 0.15) is 0 Å². The van der Waals surface area contributed by atoms with Gasteiger partial charge >= 0.3 is 0 Å². The van der Waals surface area contributed by atoms with Gasteiger partial charge in [0, 0.05) is 27.8 Å². The summed E-state index contributed by atoms with van der Waals surface area (Å²) in [5.41, 5.74) is 0. The van der Waals surface area contributed by atoms with E-state index < -0.39 is 0 Å². The Morgan fingerprint density at radius 3 is 2.56 bits per heavy atom. The van der Waals surface area contributed by atoms with Crippen molar-refractivity contribution >= 4 is 33.2 Å². The summed E-state index contributed by atoms with van der Waals surface area (Å²) >= 11 is 4.93. The summed E-state index contributed by atoms with van der Waals surface area (Å²) in [5.74, 6) is -0.110. The molecule has 1 heterocycles. The fourth-order valence-electron chi connectivity index (χ4n) is 1.44. The van der Waals surface area contributed by atoms with Crippen LogP contribution in [-0.4, -0.2) is 53.9 Å². The van der Waals surface area contributed by atoms with Crippen molar-refractivity contribution in [2.24, 2.45) is 0 Å². The third-order valence-electron chi connectivity index (χ3n) is 2.28. The third kappa shape index (κ3) is 5.92. The van der Waals surface area contributed by atoms with Crippen molar-refractivity contribution in [2.75, 3.05) is 32.8 Å². The first-order valence-electron chi connectivity index (χ1n) is 5.59. The van der Waals surface area contributed by atoms with Crippen LogP contribution in [-0.2, 0) is 11.3 Å². The number of nitrogens with zero attached hydrogens (tertiary/aromatic N) is 1. The highest BCUT2D eigenvalue weighted by Crippen LogP contribution is 2.19. The number of amides is 1. The predicted molar refractivity (Wildman–Crippen MR) is 74.5 cm³/mol. The molecule has 0 aliphatic heterocycles. The van der Waals surface area contributed by atoms with Gasteiger partial charge in [-0.1, -0.05) is 0 Å². The molecule has 0 unspecified atom stereocenters. The number of rotatable bonds is 8. The first kappa shape index (κ1) is 15.6. The van der Waals surface area contributed by atoms with Crippen LogP contribution in [0.15, 0.2) is 15.9 Å². The smallest absolute Gasteiger partial charge is 0.234 e. The summed E-state index contributed by atoms with van der Waals surface area (Å²) in [4.78, 5) is 14.4. The lowest BCUT2D eigenvalue weighted by molar-refractivity contribution is -0.122. The molecule has 0 aliphatic carbocycles. The van der Waals surface area contributed by atoms with Gasteiger partial charge in [0.2, 0.25) is 5.91 Å². The first-order chi connectivity index (χ1) is 8.65. The normalized spacial score (nSPS) is 10.9. The van der Waals surface area contributed by atoms with Gasteiger partial charge in [-0.15, -0.1) is 11.3 Å². The van der Waals surface area contributed by atoms with Gasteiger partial charge in [0.25, 0.3) is 0 Å². The summed E-state index contributed by atoms with van der Waals surface area (Å²) in [7, 11) is 0. The van der Waals surface area contributed by atoms with Crippen molar-refractivity contribution in [3.63, 3.8) is 0 Å². The number of aliphatic hydroxyl groups excluding tert-OH is 2. The van der Waals surface area contributed by atoms with Crippen molar-refractivity contribution in [2.45, 2.75) is 6.54 Å². The molecule has 18 heavy (non-hydrogen) atoms. The van der Waals surface area contributed by atoms with Crippen molar-refractivity contribution < 1.29 is 15.0 Å². The number of carbonyl (C=O) groups excluding carboxylic acids is 1. The maximum atomic E-state index is 11.7. The molecule has 0 radical (unpaired) electrons. The molecular formula is C11H17BrN2O3S. The van der Waals surface area contributed by atoms with Crippen LogP contribution in [0.4, 0.5) is 0 Å². The highest BCUT2D eigenvalue weighted by molar-refractivity contribution is 9.10. The molecule has 1 amide bonds. The largest absolute Gasteiger partial charge is 0.395 e. The highest BCUT2D eigenvalue weighted by atomic mass is 79.9. The maximum absolute atomic E-state index is 11.7. The Morgan fingerprint density at radius 2 is 2.06 bits per heavy atom. The van der Waals surface area contributed by atoms with Crippen LogP contribution in [0, 0.1) is 0 Å². The van der Waals surface area contributed by atoms with Crippen LogP contribution in [0.2, 0.25) is 0 Å². The van der Waals surface area contributed by atoms with Crippen LogP contribution >= 0.6 is 27.3 Å². The Labute approximate surface area is 119 Å². The second-order valence-corrected chi connectivity index (χ2v) is 5.64. The SMILES string of the molecule is O=C(CN(CCO)CCO)NCc1cc(Br)cs1. The van der Waals surface area contributed by atoms with E-state index in [4.69, 9.17) is 10.2 Å². The Bertz CT molecular complexity index is 367. The molecule has 0 saturated carbocycles. The zero-order valence-electron chi connectivity index (χ0n) is 9.93. The van der Waals surface area contributed by atoms with E-state index in [-0.39, 0.29) is 25.7 Å². The van der Waals surface area contributed by atoms with Gasteiger partial charge in [0.05, 0.1) is 26.3 Å². The second-order valence-electron chi connectivity index (χ2n) is 3.73. The average molecular weight is 337 g/mol. The molecule has 0 saturated heterocycles. The lowest BCUT2D eigenvalue weighted by Gasteiger charge is -2.19. The lowest BCUT2D eigenvalue weighted by atomic mass is 10.4. The second kappa shape index (κ2) is 8.60. The summed E-state index contributed by atoms with van der Waals surface area (Å²) in [6.07, 6.45) is 0. The quantitative estimate of drug-likeness (QED) is 0.643. The Balaban J connectivity index is 2.31. The minimum Gasteiger partial charge on any atom is -0.395 e. The van der Waals surface area contributed by atoms with Crippen molar-refractivity contribution in [1.82, 2.24) is 10.2 Å². The first-order valence-corrected chi connectivity index (χ1v) is 7.26. The highest BCUT2D eigenvalue weighted by Gasteiger charge is 2.09. The van der Waals surface area contributed by atoms with Gasteiger partial charge in [-0.3, -0.25) is 9.69 Å². The van der Waals surface area contributed by atoms with Gasteiger partial charge in [-0.2, -0.15) is 0 Å². The molecule has 102 valence electrons. The van der Waals surface area contributed by atoms with Gasteiger partial charge in [-0.05, 0) is 22.0 Å². The van der Waals surface area contributed by atoms with Crippen LogP contribution in [0.1, 0.15) is 4.88 Å². The lowest BCUT2D eigenvalue weighted by Crippen LogP contribution is -2.39. The Hall–Kier alpha value is -0.470. The molecule has 1 rings (SSSR count). The Morgan fingerprint density at radius 1 is 1.39 bits per heavy atom. The zero-order chi connectivity index (χ0) is 13.4. The van der Waals surface area contributed by atoms with E-state index in [1.165, 1.54) is 0 Å². The monoisotopic (exact) mass is 336 g/mol. The van der Waals surface area contributed by atoms with E-state index in [9.17, 15) is 4.79 Å². The van der Waals surface area contributed by atoms with E-state index in [2.05, 4.69) is 21.2 Å². The minimum atomic E-state index is -0.110. The van der Waals surface area contributed by atoms with E-state index in [1.807, 2.05) is 11.4 Å². The van der Waals surface area contributed by atoms with E-state index in [0.717, 1.165) is 9.35 Å². The van der Waals surface area contributed by atoms with Gasteiger partial charge in [0.15, 0.2) is 0 Å². The van der Waals surface area contributed by atoms with Crippen LogP contribution < -0.4 is 5.32 Å². The molecule has 0 spiro atoms. The van der Waals surface area contributed by atoms with Gasteiger partial charge in [-0.25, -0.2) is 0 Å². The van der Waals surface area contributed by atoms with E-state index in [1.54, 1.807) is 16.2 Å². The molecule has 1 aromatic heterocycles. The fraction of sp³-hybridized carbons (Fsp3) is 0.545. The van der Waals surface area contributed by atoms with E-state index in [0.29, 0.717) is 19.6 Å². The topological polar surface area (TPSA) is 72.8 Å². The fourth-order valence-corrected chi connectivity index (χ4v) is 2.83. The Kier molecular flexibility index (Phi) is 7.45. The van der Waals surface area contributed by atoms with E-state index >= 15 is 0 Å². The molecule has 5 nitrogen and oxygen atoms in total. The number of halogens is 1. The van der Waals surface area contributed by atoms with Gasteiger partial charge < -0.3 is 15.5 Å².